The minimum Gasteiger partial charge on any atom is -0.383 e. The summed E-state index contributed by atoms with van der Waals surface area (Å²) in [6.45, 7) is 5.16. The lowest BCUT2D eigenvalue weighted by Gasteiger charge is -2.26. The van der Waals surface area contributed by atoms with Gasteiger partial charge in [0.25, 0.3) is 5.91 Å². The smallest absolute Gasteiger partial charge is 0.266 e. The van der Waals surface area contributed by atoms with E-state index in [1.54, 1.807) is 19.6 Å². The van der Waals surface area contributed by atoms with Crippen molar-refractivity contribution < 1.29 is 14.3 Å². The Kier molecular flexibility index (Phi) is 5.66. The van der Waals surface area contributed by atoms with Crippen LogP contribution in [0, 0.1) is 13.8 Å². The summed E-state index contributed by atoms with van der Waals surface area (Å²) in [5, 5.41) is 7.25. The Morgan fingerprint density at radius 1 is 1.26 bits per heavy atom. The van der Waals surface area contributed by atoms with E-state index in [4.69, 9.17) is 4.74 Å². The number of methoxy groups -OCH3 is 1. The Bertz CT molecular complexity index is 854. The number of benzene rings is 1. The number of hydrazine groups is 1. The zero-order valence-corrected chi connectivity index (χ0v) is 15.8. The maximum absolute atomic E-state index is 12.4. The highest BCUT2D eigenvalue weighted by Crippen LogP contribution is 2.18. The van der Waals surface area contributed by atoms with Gasteiger partial charge in [0.15, 0.2) is 5.82 Å². The van der Waals surface area contributed by atoms with Crippen LogP contribution in [0.4, 0.5) is 0 Å². The molecule has 2 amide bonds. The number of aromatic nitrogens is 3. The topological polar surface area (TPSA) is 80.6 Å². The summed E-state index contributed by atoms with van der Waals surface area (Å²) in [5.74, 6) is 0.240. The van der Waals surface area contributed by atoms with E-state index >= 15 is 0 Å². The van der Waals surface area contributed by atoms with E-state index in [9.17, 15) is 9.59 Å². The molecule has 0 atom stereocenters. The zero-order chi connectivity index (χ0) is 19.4. The van der Waals surface area contributed by atoms with Crippen molar-refractivity contribution in [3.8, 4) is 11.4 Å². The van der Waals surface area contributed by atoms with Crippen LogP contribution in [-0.4, -0.2) is 63.4 Å². The Morgan fingerprint density at radius 3 is 2.70 bits per heavy atom. The van der Waals surface area contributed by atoms with Crippen molar-refractivity contribution >= 4 is 18.0 Å². The summed E-state index contributed by atoms with van der Waals surface area (Å²) >= 11 is 0. The Labute approximate surface area is 158 Å². The summed E-state index contributed by atoms with van der Waals surface area (Å²) in [7, 11) is 1.56. The third-order valence-electron chi connectivity index (χ3n) is 4.24. The first-order chi connectivity index (χ1) is 13.0. The molecule has 8 heteroatoms. The fourth-order valence-electron chi connectivity index (χ4n) is 3.05. The molecule has 0 unspecified atom stereocenters. The number of hydrogen-bond acceptors (Lipinski definition) is 5. The number of nitrogens with zero attached hydrogens (tertiary/aromatic N) is 5. The number of ether oxygens (including phenoxy) is 1. The number of amides is 2. The highest BCUT2D eigenvalue weighted by Gasteiger charge is 2.31. The van der Waals surface area contributed by atoms with Gasteiger partial charge in [-0.2, -0.15) is 0 Å². The van der Waals surface area contributed by atoms with Gasteiger partial charge in [-0.15, -0.1) is 5.10 Å². The molecule has 1 aliphatic rings. The number of carbonyl (C=O) groups is 2. The minimum atomic E-state index is -0.277. The molecule has 1 aromatic heterocycles. The van der Waals surface area contributed by atoms with E-state index in [1.807, 2.05) is 26.0 Å². The summed E-state index contributed by atoms with van der Waals surface area (Å²) in [6.07, 6.45) is 4.80. The van der Waals surface area contributed by atoms with Crippen LogP contribution in [0.1, 0.15) is 17.5 Å². The highest BCUT2D eigenvalue weighted by molar-refractivity contribution is 5.93. The second-order valence-electron chi connectivity index (χ2n) is 6.46. The molecular formula is C19H23N5O3. The fraction of sp³-hybridized carbons (Fsp3) is 0.368. The van der Waals surface area contributed by atoms with Crippen LogP contribution in [0.5, 0.6) is 0 Å². The quantitative estimate of drug-likeness (QED) is 0.724. The standard InChI is InChI=1S/C19H23N5O3/c1-14-10-15(2)12-16(11-14)19-20-13-22(21-19)6-4-17(25)23-7-5-18(26)24(23)8-9-27-3/h4,6,10-13H,5,7-9H2,1-3H3/b6-4-. The van der Waals surface area contributed by atoms with Gasteiger partial charge in [-0.1, -0.05) is 17.2 Å². The molecule has 0 aliphatic carbocycles. The maximum Gasteiger partial charge on any atom is 0.266 e. The summed E-state index contributed by atoms with van der Waals surface area (Å²) in [6, 6.07) is 6.13. The summed E-state index contributed by atoms with van der Waals surface area (Å²) in [5.41, 5.74) is 3.21. The van der Waals surface area contributed by atoms with Crippen LogP contribution < -0.4 is 0 Å². The van der Waals surface area contributed by atoms with Gasteiger partial charge >= 0.3 is 0 Å². The second kappa shape index (κ2) is 8.13. The third kappa shape index (κ3) is 4.40. The second-order valence-corrected chi connectivity index (χ2v) is 6.46. The molecule has 2 heterocycles. The Morgan fingerprint density at radius 2 is 2.00 bits per heavy atom. The molecule has 0 radical (unpaired) electrons. The van der Waals surface area contributed by atoms with Gasteiger partial charge < -0.3 is 4.74 Å². The SMILES string of the molecule is COCCN1C(=O)CCN1C(=O)/C=C\n1cnc(-c2cc(C)cc(C)c2)n1. The van der Waals surface area contributed by atoms with E-state index < -0.39 is 0 Å². The number of carbonyl (C=O) groups excluding carboxylic acids is 2. The van der Waals surface area contributed by atoms with Crippen LogP contribution in [0.15, 0.2) is 30.6 Å². The Hall–Kier alpha value is -3.00. The largest absolute Gasteiger partial charge is 0.383 e. The third-order valence-corrected chi connectivity index (χ3v) is 4.24. The van der Waals surface area contributed by atoms with Crippen LogP contribution in [0.25, 0.3) is 17.6 Å². The van der Waals surface area contributed by atoms with Crippen molar-refractivity contribution in [1.82, 2.24) is 24.8 Å². The van der Waals surface area contributed by atoms with E-state index in [0.717, 1.165) is 16.7 Å². The van der Waals surface area contributed by atoms with Gasteiger partial charge in [0.2, 0.25) is 5.91 Å². The first-order valence-electron chi connectivity index (χ1n) is 8.76. The molecule has 1 saturated heterocycles. The van der Waals surface area contributed by atoms with Crippen molar-refractivity contribution in [3.63, 3.8) is 0 Å². The van der Waals surface area contributed by atoms with Gasteiger partial charge in [0.1, 0.15) is 6.33 Å². The van der Waals surface area contributed by atoms with Crippen molar-refractivity contribution in [1.29, 1.82) is 0 Å². The monoisotopic (exact) mass is 369 g/mol. The van der Waals surface area contributed by atoms with Gasteiger partial charge in [-0.3, -0.25) is 9.59 Å². The first kappa shape index (κ1) is 18.8. The molecule has 0 spiro atoms. The van der Waals surface area contributed by atoms with Crippen molar-refractivity contribution in [2.75, 3.05) is 26.8 Å². The molecule has 0 bridgehead atoms. The van der Waals surface area contributed by atoms with Gasteiger partial charge in [-0.05, 0) is 26.0 Å². The molecule has 3 rings (SSSR count). The van der Waals surface area contributed by atoms with Gasteiger partial charge in [0, 0.05) is 31.4 Å². The van der Waals surface area contributed by atoms with E-state index in [-0.39, 0.29) is 11.8 Å². The molecule has 1 aromatic carbocycles. The summed E-state index contributed by atoms with van der Waals surface area (Å²) < 4.78 is 6.49. The molecule has 0 N–H and O–H groups in total. The van der Waals surface area contributed by atoms with E-state index in [2.05, 4.69) is 16.1 Å². The predicted molar refractivity (Wildman–Crippen MR) is 100 cm³/mol. The average molecular weight is 369 g/mol. The molecule has 142 valence electrons. The normalized spacial score (nSPS) is 14.6. The average Bonchev–Trinajstić information content (AvgIpc) is 3.24. The van der Waals surface area contributed by atoms with Crippen molar-refractivity contribution in [2.24, 2.45) is 0 Å². The van der Waals surface area contributed by atoms with Crippen LogP contribution >= 0.6 is 0 Å². The van der Waals surface area contributed by atoms with Gasteiger partial charge in [-0.25, -0.2) is 19.7 Å². The van der Waals surface area contributed by atoms with Crippen LogP contribution in [-0.2, 0) is 14.3 Å². The van der Waals surface area contributed by atoms with E-state index in [0.29, 0.717) is 31.9 Å². The number of rotatable bonds is 6. The van der Waals surface area contributed by atoms with Crippen LogP contribution in [0.2, 0.25) is 0 Å². The lowest BCUT2D eigenvalue weighted by atomic mass is 10.1. The minimum absolute atomic E-state index is 0.0772. The lowest BCUT2D eigenvalue weighted by molar-refractivity contribution is -0.151. The van der Waals surface area contributed by atoms with Crippen molar-refractivity contribution in [2.45, 2.75) is 20.3 Å². The van der Waals surface area contributed by atoms with Gasteiger partial charge in [0.05, 0.1) is 19.7 Å². The number of aryl methyl sites for hydroxylation is 2. The molecular weight excluding hydrogens is 346 g/mol. The maximum atomic E-state index is 12.4. The molecule has 0 saturated carbocycles. The highest BCUT2D eigenvalue weighted by atomic mass is 16.5. The van der Waals surface area contributed by atoms with Crippen LogP contribution in [0.3, 0.4) is 0 Å². The molecule has 27 heavy (non-hydrogen) atoms. The fourth-order valence-corrected chi connectivity index (χ4v) is 3.05. The molecule has 8 nitrogen and oxygen atoms in total. The molecule has 2 aromatic rings. The molecule has 1 aliphatic heterocycles. The molecule has 1 fully saturated rings. The summed E-state index contributed by atoms with van der Waals surface area (Å²) in [4.78, 5) is 28.7. The van der Waals surface area contributed by atoms with Crippen molar-refractivity contribution in [3.05, 3.63) is 41.7 Å². The zero-order valence-electron chi connectivity index (χ0n) is 15.8. The predicted octanol–water partition coefficient (Wildman–Crippen LogP) is 1.65. The number of hydrogen-bond donors (Lipinski definition) is 0. The Balaban J connectivity index is 1.70. The first-order valence-corrected chi connectivity index (χ1v) is 8.76. The lowest BCUT2D eigenvalue weighted by Crippen LogP contribution is -2.44. The van der Waals surface area contributed by atoms with E-state index in [1.165, 1.54) is 20.8 Å².